The molecule has 0 fully saturated rings. The van der Waals surface area contributed by atoms with E-state index in [2.05, 4.69) is 4.74 Å². The number of hydrogen-bond acceptors (Lipinski definition) is 4. The zero-order chi connectivity index (χ0) is 12.8. The number of methoxy groups -OCH3 is 1. The molecule has 0 N–H and O–H groups in total. The molecule has 0 heterocycles. The van der Waals surface area contributed by atoms with Gasteiger partial charge in [0.05, 0.1) is 13.7 Å². The van der Waals surface area contributed by atoms with Crippen molar-refractivity contribution in [3.05, 3.63) is 29.8 Å². The summed E-state index contributed by atoms with van der Waals surface area (Å²) in [5.41, 5.74) is 0.0740. The fourth-order valence-corrected chi connectivity index (χ4v) is 1.25. The molecule has 0 aliphatic carbocycles. The maximum atomic E-state index is 13.4. The summed E-state index contributed by atoms with van der Waals surface area (Å²) in [4.78, 5) is 22.7. The van der Waals surface area contributed by atoms with Gasteiger partial charge in [0.25, 0.3) is 6.17 Å². The smallest absolute Gasteiger partial charge is 0.348 e. The second-order valence-electron chi connectivity index (χ2n) is 3.21. The zero-order valence-corrected chi connectivity index (χ0v) is 9.60. The Balaban J connectivity index is 2.84. The van der Waals surface area contributed by atoms with Crippen LogP contribution < -0.4 is 4.74 Å². The molecule has 0 aromatic heterocycles. The minimum Gasteiger partial charge on any atom is -0.497 e. The highest BCUT2D eigenvalue weighted by Crippen LogP contribution is 2.15. The van der Waals surface area contributed by atoms with E-state index in [1.807, 2.05) is 0 Å². The topological polar surface area (TPSA) is 52.6 Å². The van der Waals surface area contributed by atoms with Crippen LogP contribution in [-0.2, 0) is 9.53 Å². The highest BCUT2D eigenvalue weighted by atomic mass is 19.1. The molecule has 1 rings (SSSR count). The molecule has 1 aromatic rings. The van der Waals surface area contributed by atoms with E-state index in [-0.39, 0.29) is 12.2 Å². The number of benzene rings is 1. The third kappa shape index (κ3) is 3.27. The van der Waals surface area contributed by atoms with Gasteiger partial charge in [-0.05, 0) is 19.1 Å². The average molecular weight is 240 g/mol. The van der Waals surface area contributed by atoms with Gasteiger partial charge < -0.3 is 9.47 Å². The van der Waals surface area contributed by atoms with Crippen LogP contribution in [0.25, 0.3) is 0 Å². The van der Waals surface area contributed by atoms with Crippen molar-refractivity contribution in [3.63, 3.8) is 0 Å². The van der Waals surface area contributed by atoms with Gasteiger partial charge in [0.15, 0.2) is 0 Å². The highest BCUT2D eigenvalue weighted by Gasteiger charge is 2.28. The normalized spacial score (nSPS) is 11.7. The van der Waals surface area contributed by atoms with E-state index in [0.717, 1.165) is 0 Å². The van der Waals surface area contributed by atoms with E-state index in [1.165, 1.54) is 19.2 Å². The zero-order valence-electron chi connectivity index (χ0n) is 9.60. The lowest BCUT2D eigenvalue weighted by atomic mass is 10.1. The first-order valence-corrected chi connectivity index (χ1v) is 5.09. The van der Waals surface area contributed by atoms with Crippen LogP contribution in [0.2, 0.25) is 0 Å². The first-order valence-electron chi connectivity index (χ1n) is 5.09. The summed E-state index contributed by atoms with van der Waals surface area (Å²) >= 11 is 0. The number of ketones is 1. The van der Waals surface area contributed by atoms with Crippen LogP contribution in [0.15, 0.2) is 24.3 Å². The van der Waals surface area contributed by atoms with Crippen molar-refractivity contribution in [2.45, 2.75) is 13.1 Å². The Labute approximate surface area is 98.3 Å². The van der Waals surface area contributed by atoms with Gasteiger partial charge in [0, 0.05) is 5.56 Å². The minimum absolute atomic E-state index is 0.0324. The van der Waals surface area contributed by atoms with E-state index >= 15 is 0 Å². The number of carbonyl (C=O) groups excluding carboxylic acids is 2. The summed E-state index contributed by atoms with van der Waals surface area (Å²) in [7, 11) is 1.43. The van der Waals surface area contributed by atoms with Gasteiger partial charge in [-0.25, -0.2) is 9.18 Å². The Hall–Kier alpha value is -1.91. The second-order valence-corrected chi connectivity index (χ2v) is 3.21. The molecule has 0 saturated carbocycles. The monoisotopic (exact) mass is 240 g/mol. The molecule has 1 atom stereocenters. The predicted octanol–water partition coefficient (Wildman–Crippen LogP) is 1.78. The van der Waals surface area contributed by atoms with Crippen LogP contribution in [0.1, 0.15) is 17.3 Å². The number of hydrogen-bond donors (Lipinski definition) is 0. The molecule has 4 nitrogen and oxygen atoms in total. The summed E-state index contributed by atoms with van der Waals surface area (Å²) in [5.74, 6) is -1.67. The van der Waals surface area contributed by atoms with Gasteiger partial charge >= 0.3 is 5.97 Å². The molecule has 0 aliphatic rings. The van der Waals surface area contributed by atoms with Gasteiger partial charge in [-0.15, -0.1) is 0 Å². The van der Waals surface area contributed by atoms with E-state index in [0.29, 0.717) is 5.75 Å². The summed E-state index contributed by atoms with van der Waals surface area (Å²) in [6, 6.07) is 5.95. The Morgan fingerprint density at radius 1 is 1.41 bits per heavy atom. The molecule has 1 unspecified atom stereocenters. The fourth-order valence-electron chi connectivity index (χ4n) is 1.25. The molecule has 5 heteroatoms. The SMILES string of the molecule is CCOC(=O)C(F)C(=O)c1cccc(OC)c1. The van der Waals surface area contributed by atoms with E-state index in [1.54, 1.807) is 19.1 Å². The van der Waals surface area contributed by atoms with Crippen LogP contribution in [-0.4, -0.2) is 31.6 Å². The quantitative estimate of drug-likeness (QED) is 0.447. The number of ether oxygens (including phenoxy) is 2. The van der Waals surface area contributed by atoms with Gasteiger partial charge in [-0.2, -0.15) is 0 Å². The first-order chi connectivity index (χ1) is 8.10. The first kappa shape index (κ1) is 13.2. The van der Waals surface area contributed by atoms with Crippen molar-refractivity contribution in [1.82, 2.24) is 0 Å². The summed E-state index contributed by atoms with van der Waals surface area (Å²) < 4.78 is 22.8. The molecule has 92 valence electrons. The number of alkyl halides is 1. The van der Waals surface area contributed by atoms with Gasteiger partial charge in [-0.1, -0.05) is 12.1 Å². The van der Waals surface area contributed by atoms with Crippen molar-refractivity contribution in [2.24, 2.45) is 0 Å². The van der Waals surface area contributed by atoms with E-state index in [9.17, 15) is 14.0 Å². The van der Waals surface area contributed by atoms with Crippen molar-refractivity contribution in [2.75, 3.05) is 13.7 Å². The Morgan fingerprint density at radius 3 is 2.71 bits per heavy atom. The van der Waals surface area contributed by atoms with Crippen LogP contribution in [0.5, 0.6) is 5.75 Å². The van der Waals surface area contributed by atoms with Crippen LogP contribution in [0, 0.1) is 0 Å². The second kappa shape index (κ2) is 5.98. The van der Waals surface area contributed by atoms with E-state index < -0.39 is 17.9 Å². The Kier molecular flexibility index (Phi) is 4.63. The Bertz CT molecular complexity index is 417. The number of carbonyl (C=O) groups is 2. The molecule has 0 amide bonds. The number of Topliss-reactive ketones (excluding diaryl/α,β-unsaturated/α-hetero) is 1. The average Bonchev–Trinajstić information content (AvgIpc) is 2.37. The van der Waals surface area contributed by atoms with E-state index in [4.69, 9.17) is 4.74 Å². The standard InChI is InChI=1S/C12H13FO4/c1-3-17-12(15)10(13)11(14)8-5-4-6-9(7-8)16-2/h4-7,10H,3H2,1-2H3. The maximum absolute atomic E-state index is 13.4. The molecule has 1 aromatic carbocycles. The van der Waals surface area contributed by atoms with Gasteiger partial charge in [0.2, 0.25) is 5.78 Å². The minimum atomic E-state index is -2.29. The molecule has 0 saturated heterocycles. The van der Waals surface area contributed by atoms with Crippen LogP contribution >= 0.6 is 0 Å². The van der Waals surface area contributed by atoms with Crippen molar-refractivity contribution >= 4 is 11.8 Å². The van der Waals surface area contributed by atoms with Crippen molar-refractivity contribution in [1.29, 1.82) is 0 Å². The highest BCUT2D eigenvalue weighted by molar-refractivity contribution is 6.11. The third-order valence-corrected chi connectivity index (χ3v) is 2.08. The molecule has 0 aliphatic heterocycles. The number of esters is 1. The lowest BCUT2D eigenvalue weighted by Crippen LogP contribution is -2.27. The summed E-state index contributed by atoms with van der Waals surface area (Å²) in [6.07, 6.45) is -2.29. The lowest BCUT2D eigenvalue weighted by molar-refractivity contribution is -0.147. The molecule has 0 radical (unpaired) electrons. The van der Waals surface area contributed by atoms with Crippen molar-refractivity contribution < 1.29 is 23.5 Å². The van der Waals surface area contributed by atoms with Crippen LogP contribution in [0.4, 0.5) is 4.39 Å². The fraction of sp³-hybridized carbons (Fsp3) is 0.333. The molecule has 17 heavy (non-hydrogen) atoms. The number of rotatable bonds is 5. The Morgan fingerprint density at radius 2 is 2.12 bits per heavy atom. The molecule has 0 bridgehead atoms. The molecular weight excluding hydrogens is 227 g/mol. The maximum Gasteiger partial charge on any atom is 0.348 e. The predicted molar refractivity (Wildman–Crippen MR) is 58.9 cm³/mol. The van der Waals surface area contributed by atoms with Gasteiger partial charge in [0.1, 0.15) is 5.75 Å². The molecule has 0 spiro atoms. The van der Waals surface area contributed by atoms with Crippen LogP contribution in [0.3, 0.4) is 0 Å². The third-order valence-electron chi connectivity index (χ3n) is 2.08. The van der Waals surface area contributed by atoms with Gasteiger partial charge in [-0.3, -0.25) is 4.79 Å². The largest absolute Gasteiger partial charge is 0.497 e. The lowest BCUT2D eigenvalue weighted by Gasteiger charge is -2.07. The summed E-state index contributed by atoms with van der Waals surface area (Å²) in [5, 5.41) is 0. The summed E-state index contributed by atoms with van der Waals surface area (Å²) in [6.45, 7) is 1.57. The molecular formula is C12H13FO4. The number of halogens is 1. The van der Waals surface area contributed by atoms with Crippen molar-refractivity contribution in [3.8, 4) is 5.75 Å².